The van der Waals surface area contributed by atoms with Crippen molar-refractivity contribution in [2.45, 2.75) is 46.6 Å². The van der Waals surface area contributed by atoms with Gasteiger partial charge in [-0.1, -0.05) is 19.1 Å². The Morgan fingerprint density at radius 3 is 2.53 bits per heavy atom. The summed E-state index contributed by atoms with van der Waals surface area (Å²) in [5, 5.41) is 19.2. The van der Waals surface area contributed by atoms with Crippen LogP contribution in [0.1, 0.15) is 47.8 Å². The van der Waals surface area contributed by atoms with Crippen LogP contribution in [0.15, 0.2) is 38.8 Å². The fourth-order valence-electron chi connectivity index (χ4n) is 3.29. The molecule has 0 aliphatic carbocycles. The molecule has 0 saturated heterocycles. The van der Waals surface area contributed by atoms with E-state index in [0.717, 1.165) is 0 Å². The molecule has 2 aromatic rings. The van der Waals surface area contributed by atoms with E-state index >= 15 is 0 Å². The minimum Gasteiger partial charge on any atom is -0.310 e. The Morgan fingerprint density at radius 2 is 1.94 bits per heavy atom. The molecular formula is C18H23N3O8S3. The fourth-order valence-corrected chi connectivity index (χ4v) is 8.26. The van der Waals surface area contributed by atoms with E-state index in [2.05, 4.69) is 10.2 Å². The normalized spacial score (nSPS) is 20.2. The molecule has 2 heterocycles. The zero-order chi connectivity index (χ0) is 23.7. The molecule has 2 atom stereocenters. The van der Waals surface area contributed by atoms with Crippen molar-refractivity contribution in [1.82, 2.24) is 15.4 Å². The number of sulfonamides is 1. The van der Waals surface area contributed by atoms with Crippen LogP contribution in [0.5, 0.6) is 0 Å². The highest BCUT2D eigenvalue weighted by Gasteiger charge is 2.39. The van der Waals surface area contributed by atoms with Gasteiger partial charge in [0.15, 0.2) is 9.84 Å². The molecule has 1 aliphatic rings. The van der Waals surface area contributed by atoms with Crippen molar-refractivity contribution in [2.24, 2.45) is 0 Å². The zero-order valence-electron chi connectivity index (χ0n) is 17.2. The number of carbonyl (C=O) groups excluding carboxylic acids is 1. The van der Waals surface area contributed by atoms with Crippen molar-refractivity contribution in [3.05, 3.63) is 47.0 Å². The Bertz CT molecular complexity index is 1190. The van der Waals surface area contributed by atoms with Crippen LogP contribution >= 0.6 is 11.3 Å². The second kappa shape index (κ2) is 9.52. The molecule has 0 fully saturated rings. The molecule has 1 unspecified atom stereocenters. The summed E-state index contributed by atoms with van der Waals surface area (Å²) in [5.74, 6) is -0.894. The van der Waals surface area contributed by atoms with Crippen LogP contribution in [0.3, 0.4) is 0 Å². The molecule has 3 rings (SSSR count). The number of sulfone groups is 1. The molecule has 0 bridgehead atoms. The lowest BCUT2D eigenvalue weighted by atomic mass is 10.1. The molecule has 1 amide bonds. The van der Waals surface area contributed by atoms with Crippen LogP contribution in [0.2, 0.25) is 0 Å². The second-order valence-electron chi connectivity index (χ2n) is 7.17. The van der Waals surface area contributed by atoms with Crippen molar-refractivity contribution >= 4 is 37.1 Å². The van der Waals surface area contributed by atoms with Crippen molar-refractivity contribution < 1.29 is 36.9 Å². The molecule has 1 aromatic heterocycles. The van der Waals surface area contributed by atoms with Crippen molar-refractivity contribution in [1.29, 1.82) is 0 Å². The number of nitrogens with one attached hydrogen (secondary N) is 2. The predicted octanol–water partition coefficient (Wildman–Crippen LogP) is 1.60. The van der Waals surface area contributed by atoms with Crippen molar-refractivity contribution in [3.63, 3.8) is 0 Å². The average molecular weight is 506 g/mol. The molecule has 1 aliphatic heterocycles. The largest absolute Gasteiger partial charge is 0.310 e. The van der Waals surface area contributed by atoms with Gasteiger partial charge in [0, 0.05) is 17.2 Å². The highest BCUT2D eigenvalue weighted by molar-refractivity contribution is 7.95. The van der Waals surface area contributed by atoms with Gasteiger partial charge in [-0.25, -0.2) is 26.4 Å². The fraction of sp³-hybridized carbons (Fsp3) is 0.389. The lowest BCUT2D eigenvalue weighted by Gasteiger charge is -2.27. The molecule has 4 N–H and O–H groups in total. The maximum absolute atomic E-state index is 12.8. The number of benzene rings is 1. The van der Waals surface area contributed by atoms with Gasteiger partial charge in [0.2, 0.25) is 0 Å². The van der Waals surface area contributed by atoms with Gasteiger partial charge in [0.25, 0.3) is 15.9 Å². The Balaban J connectivity index is 1.83. The summed E-state index contributed by atoms with van der Waals surface area (Å²) in [6, 6.07) is 6.59. The Labute approximate surface area is 189 Å². The van der Waals surface area contributed by atoms with E-state index in [1.807, 2.05) is 11.6 Å². The van der Waals surface area contributed by atoms with Gasteiger partial charge < -0.3 is 5.32 Å². The van der Waals surface area contributed by atoms with E-state index in [-0.39, 0.29) is 26.6 Å². The lowest BCUT2D eigenvalue weighted by molar-refractivity contribution is -0.497. The smallest absolute Gasteiger partial charge is 0.273 e. The summed E-state index contributed by atoms with van der Waals surface area (Å²) in [4.78, 5) is 16.9. The highest BCUT2D eigenvalue weighted by atomic mass is 32.3. The van der Waals surface area contributed by atoms with E-state index in [9.17, 15) is 21.6 Å². The number of amides is 1. The van der Waals surface area contributed by atoms with Crippen LogP contribution in [0.25, 0.3) is 0 Å². The summed E-state index contributed by atoms with van der Waals surface area (Å²) < 4.78 is 52.8. The third-order valence-corrected chi connectivity index (χ3v) is 10.6. The number of nitrogens with zero attached hydrogens (tertiary/aromatic N) is 1. The SMILES string of the molecule is CCN[C@H]1CC(C)S(=O)(=O)c2sc(S(=O)(=O)NC(=O)c3ccc(CON(O)O)cc3)cc21. The molecule has 32 heavy (non-hydrogen) atoms. The molecule has 1 aromatic carbocycles. The minimum absolute atomic E-state index is 0.00110. The molecule has 176 valence electrons. The number of rotatable bonds is 8. The first-order valence-corrected chi connectivity index (χ1v) is 13.4. The Hall–Kier alpha value is -1.91. The maximum atomic E-state index is 12.8. The second-order valence-corrected chi connectivity index (χ2v) is 12.7. The Kier molecular flexibility index (Phi) is 7.36. The molecule has 11 nitrogen and oxygen atoms in total. The minimum atomic E-state index is -4.31. The van der Waals surface area contributed by atoms with Gasteiger partial charge in [-0.05, 0) is 43.7 Å². The van der Waals surface area contributed by atoms with Crippen molar-refractivity contribution in [2.75, 3.05) is 6.54 Å². The third kappa shape index (κ3) is 5.18. The first-order chi connectivity index (χ1) is 15.0. The van der Waals surface area contributed by atoms with Gasteiger partial charge in [0.05, 0.1) is 17.2 Å². The van der Waals surface area contributed by atoms with E-state index in [1.165, 1.54) is 30.3 Å². The summed E-state index contributed by atoms with van der Waals surface area (Å²) >= 11 is 0.632. The first-order valence-electron chi connectivity index (χ1n) is 9.53. The monoisotopic (exact) mass is 505 g/mol. The van der Waals surface area contributed by atoms with E-state index in [0.29, 0.717) is 35.4 Å². The summed E-state index contributed by atoms with van der Waals surface area (Å²) in [7, 11) is -7.97. The van der Waals surface area contributed by atoms with E-state index < -0.39 is 36.4 Å². The molecule has 0 spiro atoms. The van der Waals surface area contributed by atoms with Gasteiger partial charge >= 0.3 is 0 Å². The molecule has 14 heteroatoms. The topological polar surface area (TPSA) is 162 Å². The Morgan fingerprint density at radius 1 is 1.28 bits per heavy atom. The van der Waals surface area contributed by atoms with Crippen LogP contribution < -0.4 is 10.0 Å². The summed E-state index contributed by atoms with van der Waals surface area (Å²) in [6.07, 6.45) is 0.326. The van der Waals surface area contributed by atoms with Crippen LogP contribution in [-0.2, 0) is 31.3 Å². The number of carbonyl (C=O) groups is 1. The van der Waals surface area contributed by atoms with Gasteiger partial charge in [-0.3, -0.25) is 15.2 Å². The number of hydrogen-bond acceptors (Lipinski definition) is 11. The van der Waals surface area contributed by atoms with Crippen LogP contribution in [0, 0.1) is 0 Å². The predicted molar refractivity (Wildman–Crippen MR) is 113 cm³/mol. The van der Waals surface area contributed by atoms with Gasteiger partial charge in [-0.15, -0.1) is 11.3 Å². The van der Waals surface area contributed by atoms with E-state index in [4.69, 9.17) is 10.4 Å². The first kappa shape index (κ1) is 24.7. The van der Waals surface area contributed by atoms with Gasteiger partial charge in [-0.2, -0.15) is 0 Å². The van der Waals surface area contributed by atoms with Crippen LogP contribution in [-0.4, -0.2) is 50.3 Å². The standard InChI is InChI=1S/C18H23N3O8S3/c1-3-19-15-8-11(2)31(25,26)18-14(15)9-16(30-18)32(27,28)20-17(22)13-6-4-12(5-7-13)10-29-21(23)24/h4-7,9,11,15,19,23-24H,3,8,10H2,1-2H3,(H,20,22)/t11?,15-/m0/s1. The highest BCUT2D eigenvalue weighted by Crippen LogP contribution is 2.42. The maximum Gasteiger partial charge on any atom is 0.273 e. The summed E-state index contributed by atoms with van der Waals surface area (Å²) in [6.45, 7) is 3.86. The number of fused-ring (bicyclic) bond motifs is 1. The lowest BCUT2D eigenvalue weighted by Crippen LogP contribution is -2.33. The van der Waals surface area contributed by atoms with Crippen LogP contribution in [0.4, 0.5) is 0 Å². The van der Waals surface area contributed by atoms with E-state index in [1.54, 1.807) is 6.92 Å². The van der Waals surface area contributed by atoms with Crippen molar-refractivity contribution in [3.8, 4) is 0 Å². The number of thiophene rings is 1. The average Bonchev–Trinajstić information content (AvgIpc) is 3.19. The molecule has 0 saturated carbocycles. The van der Waals surface area contributed by atoms with Gasteiger partial charge in [0.1, 0.15) is 8.42 Å². The quantitative estimate of drug-likeness (QED) is 0.388. The third-order valence-electron chi connectivity index (χ3n) is 4.94. The molecular weight excluding hydrogens is 482 g/mol. The zero-order valence-corrected chi connectivity index (χ0v) is 19.6. The number of hydrogen-bond donors (Lipinski definition) is 4. The summed E-state index contributed by atoms with van der Waals surface area (Å²) in [5.41, 5.74) is 0.932. The molecule has 0 radical (unpaired) electrons.